The van der Waals surface area contributed by atoms with E-state index in [1.54, 1.807) is 60.7 Å². The molecule has 0 saturated heterocycles. The third-order valence-corrected chi connectivity index (χ3v) is 8.24. The molecule has 4 rings (SSSR count). The summed E-state index contributed by atoms with van der Waals surface area (Å²) in [6.45, 7) is 5.35. The molecule has 0 fully saturated rings. The molecule has 0 atom stereocenters. The maximum Gasteiger partial charge on any atom is 0.264 e. The largest absolute Gasteiger partial charge is 0.484 e. The zero-order valence-corrected chi connectivity index (χ0v) is 25.0. The van der Waals surface area contributed by atoms with E-state index in [-0.39, 0.29) is 23.3 Å². The van der Waals surface area contributed by atoms with Gasteiger partial charge in [0.25, 0.3) is 21.8 Å². The van der Waals surface area contributed by atoms with Crippen LogP contribution in [0.5, 0.6) is 5.75 Å². The van der Waals surface area contributed by atoms with Gasteiger partial charge in [-0.15, -0.1) is 0 Å². The van der Waals surface area contributed by atoms with Gasteiger partial charge in [-0.2, -0.15) is 5.10 Å². The first kappa shape index (κ1) is 31.0. The van der Waals surface area contributed by atoms with Crippen LogP contribution in [0.25, 0.3) is 0 Å². The zero-order valence-electron chi connectivity index (χ0n) is 24.2. The van der Waals surface area contributed by atoms with Crippen molar-refractivity contribution in [3.05, 3.63) is 120 Å². The first-order valence-electron chi connectivity index (χ1n) is 13.7. The summed E-state index contributed by atoms with van der Waals surface area (Å²) in [6.07, 6.45) is 1.43. The first-order valence-corrected chi connectivity index (χ1v) is 15.1. The minimum atomic E-state index is -4.03. The number of amides is 2. The van der Waals surface area contributed by atoms with E-state index in [0.717, 1.165) is 15.4 Å². The van der Waals surface area contributed by atoms with Crippen molar-refractivity contribution < 1.29 is 22.7 Å². The van der Waals surface area contributed by atoms with E-state index in [4.69, 9.17) is 4.74 Å². The van der Waals surface area contributed by atoms with E-state index in [0.29, 0.717) is 22.7 Å². The number of nitrogens with one attached hydrogen (secondary N) is 2. The summed E-state index contributed by atoms with van der Waals surface area (Å²) >= 11 is 0. The number of nitrogens with zero attached hydrogens (tertiary/aromatic N) is 2. The summed E-state index contributed by atoms with van der Waals surface area (Å²) in [4.78, 5) is 25.0. The number of rotatable bonds is 12. The lowest BCUT2D eigenvalue weighted by Crippen LogP contribution is -2.39. The van der Waals surface area contributed by atoms with Crippen LogP contribution in [0.2, 0.25) is 0 Å². The van der Waals surface area contributed by atoms with Crippen LogP contribution in [-0.2, 0) is 19.6 Å². The van der Waals surface area contributed by atoms with E-state index in [2.05, 4.69) is 15.8 Å². The Balaban J connectivity index is 1.38. The second-order valence-corrected chi connectivity index (χ2v) is 12.0. The normalized spacial score (nSPS) is 11.3. The molecule has 0 spiro atoms. The van der Waals surface area contributed by atoms with Crippen LogP contribution < -0.4 is 19.8 Å². The number of carbonyl (C=O) groups excluding carboxylic acids is 2. The van der Waals surface area contributed by atoms with E-state index in [1.165, 1.54) is 18.3 Å². The molecule has 2 amide bonds. The molecule has 10 heteroatoms. The molecule has 0 bridgehead atoms. The average Bonchev–Trinajstić information content (AvgIpc) is 3.00. The standard InChI is InChI=1S/C33H34N4O5S/c1-24(2)27-13-15-29(16-14-27)37(43(40,41)31-19-9-25(3)10-20-31)22-32(38)36-34-21-26-11-17-30(18-12-26)42-23-33(39)35-28-7-5-4-6-8-28/h4-21,24H,22-23H2,1-3H3,(H,35,39)(H,36,38)/b34-21-. The van der Waals surface area contributed by atoms with E-state index < -0.39 is 22.5 Å². The topological polar surface area (TPSA) is 117 Å². The van der Waals surface area contributed by atoms with E-state index >= 15 is 0 Å². The maximum atomic E-state index is 13.6. The monoisotopic (exact) mass is 598 g/mol. The van der Waals surface area contributed by atoms with Crippen LogP contribution in [0.3, 0.4) is 0 Å². The Morgan fingerprint density at radius 3 is 2.14 bits per heavy atom. The van der Waals surface area contributed by atoms with Gasteiger partial charge in [0.2, 0.25) is 0 Å². The Bertz CT molecular complexity index is 1650. The lowest BCUT2D eigenvalue weighted by atomic mass is 10.0. The van der Waals surface area contributed by atoms with Crippen molar-refractivity contribution in [2.24, 2.45) is 5.10 Å². The highest BCUT2D eigenvalue weighted by molar-refractivity contribution is 7.92. The molecular formula is C33H34N4O5S. The summed E-state index contributed by atoms with van der Waals surface area (Å²) < 4.78 is 33.8. The smallest absolute Gasteiger partial charge is 0.264 e. The average molecular weight is 599 g/mol. The molecule has 0 unspecified atom stereocenters. The Morgan fingerprint density at radius 2 is 1.51 bits per heavy atom. The predicted molar refractivity (Wildman–Crippen MR) is 169 cm³/mol. The van der Waals surface area contributed by atoms with Crippen molar-refractivity contribution in [3.63, 3.8) is 0 Å². The second-order valence-electron chi connectivity index (χ2n) is 10.1. The van der Waals surface area contributed by atoms with Gasteiger partial charge in [0.05, 0.1) is 16.8 Å². The first-order chi connectivity index (χ1) is 20.6. The third-order valence-electron chi connectivity index (χ3n) is 6.45. The van der Waals surface area contributed by atoms with Gasteiger partial charge in [-0.05, 0) is 84.6 Å². The zero-order chi connectivity index (χ0) is 30.8. The summed E-state index contributed by atoms with van der Waals surface area (Å²) in [5.74, 6) is -0.128. The van der Waals surface area contributed by atoms with Crippen molar-refractivity contribution in [3.8, 4) is 5.75 Å². The number of hydrogen-bond donors (Lipinski definition) is 2. The SMILES string of the molecule is Cc1ccc(S(=O)(=O)N(CC(=O)N/N=C\c2ccc(OCC(=O)Nc3ccccc3)cc2)c2ccc(C(C)C)cc2)cc1. The van der Waals surface area contributed by atoms with Gasteiger partial charge >= 0.3 is 0 Å². The molecule has 43 heavy (non-hydrogen) atoms. The fourth-order valence-electron chi connectivity index (χ4n) is 4.04. The van der Waals surface area contributed by atoms with Gasteiger partial charge in [-0.3, -0.25) is 13.9 Å². The third kappa shape index (κ3) is 8.76. The van der Waals surface area contributed by atoms with Gasteiger partial charge in [-0.1, -0.05) is 61.9 Å². The summed E-state index contributed by atoms with van der Waals surface area (Å²) in [7, 11) is -4.03. The second kappa shape index (κ2) is 14.3. The van der Waals surface area contributed by atoms with Crippen LogP contribution in [-0.4, -0.2) is 39.6 Å². The molecule has 0 aromatic heterocycles. The number of aryl methyl sites for hydroxylation is 1. The lowest BCUT2D eigenvalue weighted by molar-refractivity contribution is -0.119. The van der Waals surface area contributed by atoms with E-state index in [9.17, 15) is 18.0 Å². The van der Waals surface area contributed by atoms with Crippen LogP contribution in [0.1, 0.15) is 36.5 Å². The van der Waals surface area contributed by atoms with Crippen molar-refractivity contribution in [1.29, 1.82) is 0 Å². The molecule has 2 N–H and O–H groups in total. The highest BCUT2D eigenvalue weighted by atomic mass is 32.2. The molecule has 0 aliphatic carbocycles. The summed E-state index contributed by atoms with van der Waals surface area (Å²) in [5.41, 5.74) is 6.11. The molecule has 4 aromatic rings. The van der Waals surface area contributed by atoms with Gasteiger partial charge in [0, 0.05) is 5.69 Å². The van der Waals surface area contributed by atoms with Crippen molar-refractivity contribution in [1.82, 2.24) is 5.43 Å². The van der Waals surface area contributed by atoms with Gasteiger partial charge in [0.15, 0.2) is 6.61 Å². The quantitative estimate of drug-likeness (QED) is 0.165. The number of hydrogen-bond acceptors (Lipinski definition) is 6. The van der Waals surface area contributed by atoms with Crippen LogP contribution >= 0.6 is 0 Å². The lowest BCUT2D eigenvalue weighted by Gasteiger charge is -2.24. The number of sulfonamides is 1. The molecule has 0 heterocycles. The van der Waals surface area contributed by atoms with Crippen LogP contribution in [0.15, 0.2) is 113 Å². The molecule has 4 aromatic carbocycles. The Hall–Kier alpha value is -4.96. The Labute approximate surface area is 252 Å². The number of hydrazone groups is 1. The molecule has 222 valence electrons. The number of ether oxygens (including phenoxy) is 1. The summed E-state index contributed by atoms with van der Waals surface area (Å²) in [5, 5.41) is 6.74. The van der Waals surface area contributed by atoms with E-state index in [1.807, 2.05) is 51.1 Å². The molecule has 9 nitrogen and oxygen atoms in total. The van der Waals surface area contributed by atoms with Crippen molar-refractivity contribution in [2.75, 3.05) is 22.8 Å². The molecule has 0 saturated carbocycles. The van der Waals surface area contributed by atoms with Gasteiger partial charge < -0.3 is 10.1 Å². The minimum absolute atomic E-state index is 0.0854. The molecule has 0 aliphatic rings. The van der Waals surface area contributed by atoms with Gasteiger partial charge in [-0.25, -0.2) is 13.8 Å². The highest BCUT2D eigenvalue weighted by Crippen LogP contribution is 2.26. The summed E-state index contributed by atoms with van der Waals surface area (Å²) in [6, 6.07) is 29.5. The fraction of sp³-hybridized carbons (Fsp3) is 0.182. The minimum Gasteiger partial charge on any atom is -0.484 e. The number of carbonyl (C=O) groups is 2. The van der Waals surface area contributed by atoms with Crippen LogP contribution in [0.4, 0.5) is 11.4 Å². The Kier molecular flexibility index (Phi) is 10.3. The van der Waals surface area contributed by atoms with Crippen molar-refractivity contribution in [2.45, 2.75) is 31.6 Å². The predicted octanol–water partition coefficient (Wildman–Crippen LogP) is 5.48. The van der Waals surface area contributed by atoms with Crippen LogP contribution in [0, 0.1) is 6.92 Å². The number of benzene rings is 4. The molecule has 0 aliphatic heterocycles. The highest BCUT2D eigenvalue weighted by Gasteiger charge is 2.27. The molecular weight excluding hydrogens is 564 g/mol. The number of anilines is 2. The van der Waals surface area contributed by atoms with Gasteiger partial charge in [0.1, 0.15) is 12.3 Å². The number of para-hydroxylation sites is 1. The Morgan fingerprint density at radius 1 is 0.860 bits per heavy atom. The maximum absolute atomic E-state index is 13.6. The fourth-order valence-corrected chi connectivity index (χ4v) is 5.46. The van der Waals surface area contributed by atoms with Crippen molar-refractivity contribution >= 4 is 39.4 Å². The molecule has 0 radical (unpaired) electrons.